The zero-order chi connectivity index (χ0) is 47.6. The van der Waals surface area contributed by atoms with E-state index in [9.17, 15) is 9.60 Å². The molecule has 0 saturated heterocycles. The van der Waals surface area contributed by atoms with Crippen LogP contribution >= 0.6 is 0 Å². The maximum Gasteiger partial charge on any atom is 0.136 e. The summed E-state index contributed by atoms with van der Waals surface area (Å²) in [6.07, 6.45) is 0. The normalized spacial score (nSPS) is 19.5. The van der Waals surface area contributed by atoms with Crippen LogP contribution < -0.4 is 0 Å². The van der Waals surface area contributed by atoms with Gasteiger partial charge in [0.2, 0.25) is 0 Å². The van der Waals surface area contributed by atoms with Crippen LogP contribution in [-0.2, 0) is 0 Å². The third-order valence-electron chi connectivity index (χ3n) is 6.87. The van der Waals surface area contributed by atoms with E-state index in [4.69, 9.17) is 30.8 Å². The standard InChI is InChI=1S/C40H24O2/c1-3-11-25(12-4-1)37-24-33-35(42-37)21-22-36-40(33)32-23-27(19-20-34(32)41-36)39-30-17-9-7-15-28(30)38(26-13-5-2-6-14-26)29-16-8-10-18-31(29)39/h1-24H/i1D,2D,3D,4D,5D,6D,7D,8D,9D,10D,11D,12D,13D,14D,15D,16D,17D,18D,19D,20D,21D,22D,23D. The summed E-state index contributed by atoms with van der Waals surface area (Å²) in [7, 11) is 0. The van der Waals surface area contributed by atoms with Gasteiger partial charge in [0, 0.05) is 21.7 Å². The van der Waals surface area contributed by atoms with Crippen molar-refractivity contribution >= 4 is 54.5 Å². The van der Waals surface area contributed by atoms with Gasteiger partial charge in [-0.25, -0.2) is 0 Å². The van der Waals surface area contributed by atoms with Crippen LogP contribution in [0.5, 0.6) is 0 Å². The molecule has 7 aromatic carbocycles. The molecular formula is C40H24O2. The molecule has 0 amide bonds. The average molecular weight is 560 g/mol. The second-order valence-electron chi connectivity index (χ2n) is 9.11. The van der Waals surface area contributed by atoms with Crippen LogP contribution in [0, 0.1) is 0 Å². The predicted octanol–water partition coefficient (Wildman–Crippen LogP) is 11.6. The molecule has 0 unspecified atom stereocenters. The lowest BCUT2D eigenvalue weighted by atomic mass is 9.86. The van der Waals surface area contributed by atoms with E-state index in [1.54, 1.807) is 0 Å². The van der Waals surface area contributed by atoms with E-state index < -0.39 is 200 Å². The first kappa shape index (κ1) is 10.0. The molecule has 2 aromatic heterocycles. The summed E-state index contributed by atoms with van der Waals surface area (Å²) in [4.78, 5) is 0. The molecule has 2 heteroatoms. The van der Waals surface area contributed by atoms with Crippen molar-refractivity contribution in [2.45, 2.75) is 0 Å². The quantitative estimate of drug-likeness (QED) is 0.201. The first-order valence-corrected chi connectivity index (χ1v) is 12.4. The molecule has 0 aliphatic heterocycles. The van der Waals surface area contributed by atoms with E-state index in [1.807, 2.05) is 0 Å². The minimum absolute atomic E-state index is 0.117. The molecule has 196 valence electrons. The van der Waals surface area contributed by atoms with E-state index >= 15 is 0 Å². The van der Waals surface area contributed by atoms with Gasteiger partial charge >= 0.3 is 0 Å². The molecule has 0 fully saturated rings. The average Bonchev–Trinajstić information content (AvgIpc) is 3.90. The van der Waals surface area contributed by atoms with Crippen molar-refractivity contribution in [1.82, 2.24) is 0 Å². The molecule has 0 aliphatic carbocycles. The molecule has 0 radical (unpaired) electrons. The fourth-order valence-electron chi connectivity index (χ4n) is 5.16. The summed E-state index contributed by atoms with van der Waals surface area (Å²) in [5.41, 5.74) is -4.26. The van der Waals surface area contributed by atoms with Crippen LogP contribution in [0.1, 0.15) is 31.5 Å². The van der Waals surface area contributed by atoms with E-state index in [1.165, 1.54) is 6.07 Å². The molecule has 42 heavy (non-hydrogen) atoms. The Labute approximate surface area is 274 Å². The molecule has 0 atom stereocenters. The highest BCUT2D eigenvalue weighted by atomic mass is 16.3. The topological polar surface area (TPSA) is 26.3 Å². The summed E-state index contributed by atoms with van der Waals surface area (Å²) >= 11 is 0. The second kappa shape index (κ2) is 8.95. The highest BCUT2D eigenvalue weighted by Crippen LogP contribution is 2.45. The molecular weight excluding hydrogens is 512 g/mol. The number of rotatable bonds is 3. The smallest absolute Gasteiger partial charge is 0.136 e. The fraction of sp³-hybridized carbons (Fsp3) is 0. The Hall–Kier alpha value is -5.60. The lowest BCUT2D eigenvalue weighted by Crippen LogP contribution is -1.90. The largest absolute Gasteiger partial charge is 0.456 e. The highest BCUT2D eigenvalue weighted by molar-refractivity contribution is 6.23. The number of hydrogen-bond donors (Lipinski definition) is 0. The molecule has 0 saturated carbocycles. The van der Waals surface area contributed by atoms with Crippen molar-refractivity contribution in [2.24, 2.45) is 0 Å². The minimum Gasteiger partial charge on any atom is -0.456 e. The third-order valence-corrected chi connectivity index (χ3v) is 6.87. The van der Waals surface area contributed by atoms with Crippen LogP contribution in [-0.4, -0.2) is 0 Å². The zero-order valence-corrected chi connectivity index (χ0v) is 20.9. The summed E-state index contributed by atoms with van der Waals surface area (Å²) < 4.78 is 214. The van der Waals surface area contributed by atoms with Crippen molar-refractivity contribution in [3.05, 3.63) is 145 Å². The van der Waals surface area contributed by atoms with E-state index in [2.05, 4.69) is 0 Å². The lowest BCUT2D eigenvalue weighted by molar-refractivity contribution is 0.631. The third kappa shape index (κ3) is 3.39. The Bertz CT molecular complexity index is 3620. The van der Waals surface area contributed by atoms with Gasteiger partial charge < -0.3 is 8.83 Å². The van der Waals surface area contributed by atoms with Crippen LogP contribution in [0.15, 0.2) is 154 Å². The molecule has 0 bridgehead atoms. The van der Waals surface area contributed by atoms with Crippen LogP contribution in [0.3, 0.4) is 0 Å². The van der Waals surface area contributed by atoms with Crippen molar-refractivity contribution in [1.29, 1.82) is 0 Å². The van der Waals surface area contributed by atoms with E-state index in [0.29, 0.717) is 0 Å². The molecule has 0 aliphatic rings. The molecule has 2 nitrogen and oxygen atoms in total. The minimum atomic E-state index is -0.906. The number of benzene rings is 7. The van der Waals surface area contributed by atoms with Gasteiger partial charge in [-0.05, 0) is 74.0 Å². The Morgan fingerprint density at radius 1 is 0.381 bits per heavy atom. The van der Waals surface area contributed by atoms with Gasteiger partial charge in [0.1, 0.15) is 22.5 Å². The number of furan rings is 2. The Balaban J connectivity index is 1.56. The van der Waals surface area contributed by atoms with Crippen molar-refractivity contribution in [2.75, 3.05) is 0 Å². The van der Waals surface area contributed by atoms with Gasteiger partial charge in [0.25, 0.3) is 0 Å². The molecule has 9 aromatic rings. The molecule has 9 rings (SSSR count). The van der Waals surface area contributed by atoms with Gasteiger partial charge in [0.05, 0.1) is 31.5 Å². The molecule has 2 heterocycles. The first-order chi connectivity index (χ1) is 30.4. The Morgan fingerprint density at radius 2 is 0.881 bits per heavy atom. The van der Waals surface area contributed by atoms with Crippen molar-refractivity contribution < 1.29 is 40.4 Å². The van der Waals surface area contributed by atoms with Crippen LogP contribution in [0.25, 0.3) is 88.0 Å². The highest BCUT2D eigenvalue weighted by Gasteiger charge is 2.19. The summed E-state index contributed by atoms with van der Waals surface area (Å²) in [5.74, 6) is -0.353. The van der Waals surface area contributed by atoms with Crippen LogP contribution in [0.4, 0.5) is 0 Å². The maximum absolute atomic E-state index is 9.84. The Kier molecular flexibility index (Phi) is 2.14. The Morgan fingerprint density at radius 3 is 1.52 bits per heavy atom. The first-order valence-electron chi connectivity index (χ1n) is 23.9. The SMILES string of the molecule is [2H]c1c([2H])c([2H])c(-c2cc3c(o2)c([2H])c([2H])c2oc4c([2H])c([2H])c(-c5c6c([2H])c([2H])c([2H])c([2H])c6c(-c6c([2H])c([2H])c([2H])c([2H])c6[2H])c6c([2H])c([2H])c([2H])c([2H])c56)c([2H])c4c23)c([2H])c1[2H]. The summed E-state index contributed by atoms with van der Waals surface area (Å²) in [5, 5.41) is -3.14. The zero-order valence-electron chi connectivity index (χ0n) is 43.9. The fourth-order valence-corrected chi connectivity index (χ4v) is 5.16. The maximum atomic E-state index is 9.84. The van der Waals surface area contributed by atoms with Gasteiger partial charge in [-0.15, -0.1) is 0 Å². The van der Waals surface area contributed by atoms with Crippen molar-refractivity contribution in [3.63, 3.8) is 0 Å². The molecule has 0 N–H and O–H groups in total. The molecule has 0 spiro atoms. The van der Waals surface area contributed by atoms with Gasteiger partial charge in [-0.3, -0.25) is 0 Å². The number of hydrogen-bond acceptors (Lipinski definition) is 2. The summed E-state index contributed by atoms with van der Waals surface area (Å²) in [6.45, 7) is 0. The van der Waals surface area contributed by atoms with E-state index in [-0.39, 0.29) is 27.5 Å². The van der Waals surface area contributed by atoms with Gasteiger partial charge in [-0.1, -0.05) is 115 Å². The summed E-state index contributed by atoms with van der Waals surface area (Å²) in [6, 6.07) is -17.5. The van der Waals surface area contributed by atoms with Crippen LogP contribution in [0.2, 0.25) is 0 Å². The van der Waals surface area contributed by atoms with E-state index in [0.717, 1.165) is 0 Å². The van der Waals surface area contributed by atoms with Crippen molar-refractivity contribution in [3.8, 4) is 33.6 Å². The van der Waals surface area contributed by atoms with Gasteiger partial charge in [0.15, 0.2) is 0 Å². The monoisotopic (exact) mass is 559 g/mol. The second-order valence-corrected chi connectivity index (χ2v) is 9.11. The predicted molar refractivity (Wildman–Crippen MR) is 175 cm³/mol. The number of fused-ring (bicyclic) bond motifs is 7. The van der Waals surface area contributed by atoms with Gasteiger partial charge in [-0.2, -0.15) is 0 Å². The lowest BCUT2D eigenvalue weighted by Gasteiger charge is -2.17.